The molecule has 13 heavy (non-hydrogen) atoms. The smallest absolute Gasteiger partial charge is 0.257 e. The van der Waals surface area contributed by atoms with Crippen molar-refractivity contribution in [2.75, 3.05) is 0 Å². The first kappa shape index (κ1) is 12.6. The van der Waals surface area contributed by atoms with E-state index >= 15 is 0 Å². The molecule has 0 aliphatic rings. The van der Waals surface area contributed by atoms with Crippen LogP contribution in [0.2, 0.25) is 5.02 Å². The highest BCUT2D eigenvalue weighted by atomic mass is 35.5. The molecule has 0 heterocycles. The summed E-state index contributed by atoms with van der Waals surface area (Å²) in [6, 6.07) is 4.86. The number of alkyl halides is 2. The average molecular weight is 228 g/mol. The van der Waals surface area contributed by atoms with Gasteiger partial charge in [-0.2, -0.15) is 0 Å². The van der Waals surface area contributed by atoms with E-state index in [9.17, 15) is 8.78 Å². The predicted molar refractivity (Wildman–Crippen MR) is 51.6 cm³/mol. The first-order valence-electron chi connectivity index (χ1n) is 3.40. The largest absolute Gasteiger partial charge is 0.319 e. The van der Waals surface area contributed by atoms with E-state index in [-0.39, 0.29) is 12.4 Å². The standard InChI is InChI=1S/C8H8ClF2N.ClH/c9-6-3-1-5(2-4-6)7(12)8(10)11;/h1-4,7-8H,12H2;1H. The van der Waals surface area contributed by atoms with Crippen LogP contribution in [0, 0.1) is 0 Å². The van der Waals surface area contributed by atoms with Crippen molar-refractivity contribution in [2.24, 2.45) is 5.73 Å². The third kappa shape index (κ3) is 3.46. The van der Waals surface area contributed by atoms with Crippen molar-refractivity contribution in [2.45, 2.75) is 12.5 Å². The third-order valence-electron chi connectivity index (χ3n) is 1.53. The highest BCUT2D eigenvalue weighted by molar-refractivity contribution is 6.30. The van der Waals surface area contributed by atoms with Gasteiger partial charge in [-0.3, -0.25) is 0 Å². The van der Waals surface area contributed by atoms with Gasteiger partial charge in [-0.25, -0.2) is 8.78 Å². The summed E-state index contributed by atoms with van der Waals surface area (Å²) >= 11 is 5.57. The molecule has 0 saturated heterocycles. The number of hydrogen-bond donors (Lipinski definition) is 1. The topological polar surface area (TPSA) is 26.0 Å². The van der Waals surface area contributed by atoms with Gasteiger partial charge in [0.15, 0.2) is 0 Å². The van der Waals surface area contributed by atoms with E-state index < -0.39 is 12.5 Å². The second kappa shape index (κ2) is 5.37. The average Bonchev–Trinajstić information content (AvgIpc) is 2.04. The number of rotatable bonds is 2. The van der Waals surface area contributed by atoms with Crippen LogP contribution in [0.15, 0.2) is 24.3 Å². The Morgan fingerprint density at radius 2 is 1.62 bits per heavy atom. The molecule has 1 nitrogen and oxygen atoms in total. The molecule has 0 aliphatic carbocycles. The number of halogens is 4. The Bertz CT molecular complexity index is 251. The van der Waals surface area contributed by atoms with Crippen molar-refractivity contribution in [1.82, 2.24) is 0 Å². The van der Waals surface area contributed by atoms with Crippen molar-refractivity contribution in [3.8, 4) is 0 Å². The maximum Gasteiger partial charge on any atom is 0.257 e. The summed E-state index contributed by atoms with van der Waals surface area (Å²) in [5.74, 6) is 0. The van der Waals surface area contributed by atoms with Crippen LogP contribution in [0.25, 0.3) is 0 Å². The SMILES string of the molecule is Cl.NC(c1ccc(Cl)cc1)C(F)F. The zero-order valence-corrected chi connectivity index (χ0v) is 8.16. The minimum absolute atomic E-state index is 0. The van der Waals surface area contributed by atoms with Crippen molar-refractivity contribution >= 4 is 24.0 Å². The maximum absolute atomic E-state index is 12.1. The molecule has 74 valence electrons. The number of hydrogen-bond acceptors (Lipinski definition) is 1. The summed E-state index contributed by atoms with van der Waals surface area (Å²) in [5.41, 5.74) is 5.59. The van der Waals surface area contributed by atoms with Crippen molar-refractivity contribution in [3.63, 3.8) is 0 Å². The lowest BCUT2D eigenvalue weighted by Gasteiger charge is -2.09. The first-order valence-corrected chi connectivity index (χ1v) is 3.78. The Kier molecular flexibility index (Phi) is 5.21. The minimum atomic E-state index is -2.54. The van der Waals surface area contributed by atoms with E-state index in [4.69, 9.17) is 17.3 Å². The lowest BCUT2D eigenvalue weighted by atomic mass is 10.1. The van der Waals surface area contributed by atoms with Gasteiger partial charge in [0.05, 0.1) is 6.04 Å². The van der Waals surface area contributed by atoms with Crippen LogP contribution in [0.3, 0.4) is 0 Å². The van der Waals surface area contributed by atoms with Crippen LogP contribution in [-0.4, -0.2) is 6.43 Å². The van der Waals surface area contributed by atoms with Gasteiger partial charge in [0, 0.05) is 5.02 Å². The van der Waals surface area contributed by atoms with E-state index in [1.807, 2.05) is 0 Å². The summed E-state index contributed by atoms with van der Waals surface area (Å²) < 4.78 is 24.1. The molecule has 0 aliphatic heterocycles. The zero-order valence-electron chi connectivity index (χ0n) is 6.58. The molecule has 1 atom stereocenters. The molecule has 0 radical (unpaired) electrons. The van der Waals surface area contributed by atoms with Crippen LogP contribution in [-0.2, 0) is 0 Å². The molecule has 0 spiro atoms. The van der Waals surface area contributed by atoms with E-state index in [1.165, 1.54) is 12.1 Å². The van der Waals surface area contributed by atoms with Gasteiger partial charge >= 0.3 is 0 Å². The fraction of sp³-hybridized carbons (Fsp3) is 0.250. The van der Waals surface area contributed by atoms with Gasteiger partial charge < -0.3 is 5.73 Å². The third-order valence-corrected chi connectivity index (χ3v) is 1.78. The van der Waals surface area contributed by atoms with Crippen molar-refractivity contribution in [3.05, 3.63) is 34.9 Å². The Morgan fingerprint density at radius 3 is 2.00 bits per heavy atom. The molecule has 1 unspecified atom stereocenters. The maximum atomic E-state index is 12.1. The van der Waals surface area contributed by atoms with Crippen LogP contribution in [0.5, 0.6) is 0 Å². The van der Waals surface area contributed by atoms with E-state index in [1.54, 1.807) is 12.1 Å². The molecule has 0 amide bonds. The van der Waals surface area contributed by atoms with E-state index in [0.717, 1.165) is 0 Å². The molecule has 0 fully saturated rings. The number of benzene rings is 1. The van der Waals surface area contributed by atoms with Gasteiger partial charge in [-0.1, -0.05) is 23.7 Å². The Labute approximate surface area is 86.3 Å². The molecular formula is C8H9Cl2F2N. The summed E-state index contributed by atoms with van der Waals surface area (Å²) in [4.78, 5) is 0. The van der Waals surface area contributed by atoms with Crippen molar-refractivity contribution in [1.29, 1.82) is 0 Å². The van der Waals surface area contributed by atoms with Gasteiger partial charge in [0.1, 0.15) is 0 Å². The molecule has 5 heteroatoms. The van der Waals surface area contributed by atoms with Crippen LogP contribution < -0.4 is 5.73 Å². The fourth-order valence-corrected chi connectivity index (χ4v) is 0.956. The fourth-order valence-electron chi connectivity index (χ4n) is 0.830. The Balaban J connectivity index is 0.00000144. The molecule has 1 aromatic carbocycles. The van der Waals surface area contributed by atoms with Crippen molar-refractivity contribution < 1.29 is 8.78 Å². The highest BCUT2D eigenvalue weighted by Gasteiger charge is 2.16. The lowest BCUT2D eigenvalue weighted by molar-refractivity contribution is 0.116. The van der Waals surface area contributed by atoms with Gasteiger partial charge in [0.2, 0.25) is 0 Å². The molecule has 0 saturated carbocycles. The second-order valence-electron chi connectivity index (χ2n) is 2.41. The molecule has 1 rings (SSSR count). The van der Waals surface area contributed by atoms with Crippen LogP contribution >= 0.6 is 24.0 Å². The summed E-state index contributed by atoms with van der Waals surface area (Å²) in [6.07, 6.45) is -2.54. The van der Waals surface area contributed by atoms with E-state index in [0.29, 0.717) is 10.6 Å². The Hall–Kier alpha value is -0.380. The quantitative estimate of drug-likeness (QED) is 0.827. The summed E-state index contributed by atoms with van der Waals surface area (Å²) in [6.45, 7) is 0. The molecule has 0 aromatic heterocycles. The number of nitrogens with two attached hydrogens (primary N) is 1. The monoisotopic (exact) mass is 227 g/mol. The van der Waals surface area contributed by atoms with Gasteiger partial charge in [-0.05, 0) is 17.7 Å². The highest BCUT2D eigenvalue weighted by Crippen LogP contribution is 2.19. The normalized spacial score (nSPS) is 12.4. The Morgan fingerprint density at radius 1 is 1.15 bits per heavy atom. The summed E-state index contributed by atoms with van der Waals surface area (Å²) in [5, 5.41) is 0.514. The van der Waals surface area contributed by atoms with Crippen LogP contribution in [0.1, 0.15) is 11.6 Å². The summed E-state index contributed by atoms with van der Waals surface area (Å²) in [7, 11) is 0. The minimum Gasteiger partial charge on any atom is -0.319 e. The van der Waals surface area contributed by atoms with Gasteiger partial charge in [0.25, 0.3) is 6.43 Å². The first-order chi connectivity index (χ1) is 5.61. The van der Waals surface area contributed by atoms with Gasteiger partial charge in [-0.15, -0.1) is 12.4 Å². The molecule has 2 N–H and O–H groups in total. The lowest BCUT2D eigenvalue weighted by Crippen LogP contribution is -2.18. The molecular weight excluding hydrogens is 219 g/mol. The zero-order chi connectivity index (χ0) is 9.14. The van der Waals surface area contributed by atoms with E-state index in [2.05, 4.69) is 0 Å². The molecule has 1 aromatic rings. The van der Waals surface area contributed by atoms with Crippen LogP contribution in [0.4, 0.5) is 8.78 Å². The predicted octanol–water partition coefficient (Wildman–Crippen LogP) is 3.03. The molecule has 0 bridgehead atoms. The second-order valence-corrected chi connectivity index (χ2v) is 2.85.